The first-order chi connectivity index (χ1) is 29.9. The van der Waals surface area contributed by atoms with Crippen LogP contribution in [0.4, 0.5) is 17.1 Å². The molecule has 0 bridgehead atoms. The lowest BCUT2D eigenvalue weighted by Gasteiger charge is -2.36. The van der Waals surface area contributed by atoms with Crippen molar-refractivity contribution in [2.24, 2.45) is 0 Å². The van der Waals surface area contributed by atoms with Gasteiger partial charge in [-0.25, -0.2) is 0 Å². The largest absolute Gasteiger partial charge is 0.456 e. The molecule has 10 aromatic rings. The first-order valence-corrected chi connectivity index (χ1v) is 21.3. The summed E-state index contributed by atoms with van der Waals surface area (Å²) < 4.78 is 7.16. The lowest BCUT2D eigenvalue weighted by molar-refractivity contribution is 0.638. The number of anilines is 3. The number of hydrogen-bond acceptors (Lipinski definition) is 2. The highest BCUT2D eigenvalue weighted by Gasteiger charge is 2.45. The first kappa shape index (κ1) is 35.5. The second kappa shape index (κ2) is 13.3. The number of rotatable bonds is 6. The fraction of sp³-hybridized carbons (Fsp3) is 0.0847. The van der Waals surface area contributed by atoms with Gasteiger partial charge in [-0.1, -0.05) is 172 Å². The summed E-state index contributed by atoms with van der Waals surface area (Å²) in [6, 6.07) is 75.8. The minimum atomic E-state index is -0.570. The predicted molar refractivity (Wildman–Crippen MR) is 254 cm³/mol. The van der Waals surface area contributed by atoms with Crippen LogP contribution in [0.1, 0.15) is 48.6 Å². The van der Waals surface area contributed by atoms with Gasteiger partial charge in [0.05, 0.1) is 5.69 Å². The number of para-hydroxylation sites is 1. The SMILES string of the molecule is CC1(C)c2ccccc2-c2ccc(N(c3cc(-c4ccccc4)cc(-c4ccccc4)c3)c3ccc4c(oc5ccccc54)c3C3(C)c4ccccc4-c4ccccc43)cc21. The molecule has 2 aliphatic carbocycles. The molecule has 2 heteroatoms. The van der Waals surface area contributed by atoms with E-state index >= 15 is 0 Å². The molecule has 0 spiro atoms. The third kappa shape index (κ3) is 5.22. The van der Waals surface area contributed by atoms with Gasteiger partial charge in [0.25, 0.3) is 0 Å². The summed E-state index contributed by atoms with van der Waals surface area (Å²) in [6.45, 7) is 7.16. The molecule has 0 saturated heterocycles. The molecule has 0 amide bonds. The number of benzene rings is 9. The molecule has 0 aliphatic heterocycles. The molecule has 0 fully saturated rings. The van der Waals surface area contributed by atoms with Crippen molar-refractivity contribution < 1.29 is 4.42 Å². The molecule has 61 heavy (non-hydrogen) atoms. The van der Waals surface area contributed by atoms with E-state index in [0.717, 1.165) is 55.7 Å². The van der Waals surface area contributed by atoms with Gasteiger partial charge in [0.2, 0.25) is 0 Å². The van der Waals surface area contributed by atoms with Gasteiger partial charge in [0, 0.05) is 38.5 Å². The summed E-state index contributed by atoms with van der Waals surface area (Å²) in [4.78, 5) is 2.52. The van der Waals surface area contributed by atoms with Crippen molar-refractivity contribution in [1.82, 2.24) is 0 Å². The summed E-state index contributed by atoms with van der Waals surface area (Å²) >= 11 is 0. The maximum atomic E-state index is 7.16. The van der Waals surface area contributed by atoms with Gasteiger partial charge in [-0.05, 0) is 122 Å². The molecular weight excluding hydrogens is 739 g/mol. The van der Waals surface area contributed by atoms with Crippen LogP contribution in [0.25, 0.3) is 66.4 Å². The molecule has 0 radical (unpaired) electrons. The average Bonchev–Trinajstić information content (AvgIpc) is 3.90. The second-order valence-electron chi connectivity index (χ2n) is 17.4. The van der Waals surface area contributed by atoms with Gasteiger partial charge in [0.15, 0.2) is 0 Å². The van der Waals surface area contributed by atoms with Crippen LogP contribution in [0.15, 0.2) is 211 Å². The van der Waals surface area contributed by atoms with E-state index in [4.69, 9.17) is 4.42 Å². The zero-order valence-electron chi connectivity index (χ0n) is 34.5. The summed E-state index contributed by atoms with van der Waals surface area (Å²) in [5.41, 5.74) is 20.5. The molecule has 0 N–H and O–H groups in total. The van der Waals surface area contributed by atoms with Crippen molar-refractivity contribution in [3.63, 3.8) is 0 Å². The molecule has 2 nitrogen and oxygen atoms in total. The Balaban J connectivity index is 1.22. The van der Waals surface area contributed by atoms with Gasteiger partial charge in [-0.15, -0.1) is 0 Å². The van der Waals surface area contributed by atoms with Crippen LogP contribution >= 0.6 is 0 Å². The normalized spacial score (nSPS) is 14.1. The van der Waals surface area contributed by atoms with E-state index in [-0.39, 0.29) is 5.41 Å². The Bertz CT molecular complexity index is 3250. The van der Waals surface area contributed by atoms with Gasteiger partial charge in [0.1, 0.15) is 11.2 Å². The van der Waals surface area contributed by atoms with Crippen molar-refractivity contribution >= 4 is 39.0 Å². The van der Waals surface area contributed by atoms with Crippen LogP contribution in [-0.2, 0) is 10.8 Å². The third-order valence-electron chi connectivity index (χ3n) is 13.7. The minimum Gasteiger partial charge on any atom is -0.456 e. The molecule has 12 rings (SSSR count). The van der Waals surface area contributed by atoms with Crippen LogP contribution in [0.5, 0.6) is 0 Å². The molecular formula is C59H43NO. The monoisotopic (exact) mass is 781 g/mol. The summed E-state index contributed by atoms with van der Waals surface area (Å²) in [5, 5.41) is 2.24. The molecule has 290 valence electrons. The molecule has 0 unspecified atom stereocenters. The highest BCUT2D eigenvalue weighted by atomic mass is 16.3. The van der Waals surface area contributed by atoms with Crippen molar-refractivity contribution in [3.8, 4) is 44.5 Å². The highest BCUT2D eigenvalue weighted by molar-refractivity contribution is 6.09. The molecule has 1 aromatic heterocycles. The highest BCUT2D eigenvalue weighted by Crippen LogP contribution is 2.59. The van der Waals surface area contributed by atoms with Gasteiger partial charge in [-0.3, -0.25) is 0 Å². The Morgan fingerprint density at radius 1 is 0.377 bits per heavy atom. The number of nitrogens with zero attached hydrogens (tertiary/aromatic N) is 1. The van der Waals surface area contributed by atoms with Gasteiger partial charge in [-0.2, -0.15) is 0 Å². The van der Waals surface area contributed by atoms with E-state index < -0.39 is 5.41 Å². The Hall–Kier alpha value is -7.42. The predicted octanol–water partition coefficient (Wildman–Crippen LogP) is 16.0. The molecule has 2 aliphatic rings. The van der Waals surface area contributed by atoms with Crippen LogP contribution in [0, 0.1) is 0 Å². The molecule has 1 heterocycles. The standard InChI is InChI=1S/C59H43NO/c1-58(2)50-26-14-10-22-44(50)47-31-30-42(37-53(47)58)60(43-35-40(38-18-6-4-7-19-38)34-41(36-43)39-20-8-5-9-21-39)54-33-32-49-48-25-13-17-29-55(48)61-57(49)56(54)59(3)51-27-15-11-23-45(51)46-24-12-16-28-52(46)59/h4-37H,1-3H3. The molecule has 0 saturated carbocycles. The number of fused-ring (bicyclic) bond motifs is 9. The van der Waals surface area contributed by atoms with E-state index in [0.29, 0.717) is 0 Å². The van der Waals surface area contributed by atoms with E-state index in [1.165, 1.54) is 55.6 Å². The average molecular weight is 782 g/mol. The number of furan rings is 1. The summed E-state index contributed by atoms with van der Waals surface area (Å²) in [6.07, 6.45) is 0. The lowest BCUT2D eigenvalue weighted by atomic mass is 9.72. The van der Waals surface area contributed by atoms with E-state index in [2.05, 4.69) is 232 Å². The smallest absolute Gasteiger partial charge is 0.141 e. The van der Waals surface area contributed by atoms with E-state index in [1.54, 1.807) is 0 Å². The van der Waals surface area contributed by atoms with Crippen molar-refractivity contribution in [2.45, 2.75) is 31.6 Å². The van der Waals surface area contributed by atoms with Crippen molar-refractivity contribution in [2.75, 3.05) is 4.90 Å². The Morgan fingerprint density at radius 2 is 0.902 bits per heavy atom. The number of hydrogen-bond donors (Lipinski definition) is 0. The quantitative estimate of drug-likeness (QED) is 0.167. The Labute approximate surface area is 357 Å². The van der Waals surface area contributed by atoms with E-state index in [9.17, 15) is 0 Å². The van der Waals surface area contributed by atoms with Crippen LogP contribution < -0.4 is 4.90 Å². The zero-order chi connectivity index (χ0) is 40.9. The van der Waals surface area contributed by atoms with Crippen molar-refractivity contribution in [1.29, 1.82) is 0 Å². The first-order valence-electron chi connectivity index (χ1n) is 21.3. The van der Waals surface area contributed by atoms with Crippen LogP contribution in [0.3, 0.4) is 0 Å². The molecule has 9 aromatic carbocycles. The Morgan fingerprint density at radius 3 is 1.54 bits per heavy atom. The fourth-order valence-electron chi connectivity index (χ4n) is 10.8. The minimum absolute atomic E-state index is 0.185. The molecule has 0 atom stereocenters. The van der Waals surface area contributed by atoms with Gasteiger partial charge < -0.3 is 9.32 Å². The summed E-state index contributed by atoms with van der Waals surface area (Å²) in [5.74, 6) is 0. The fourth-order valence-corrected chi connectivity index (χ4v) is 10.8. The topological polar surface area (TPSA) is 16.4 Å². The van der Waals surface area contributed by atoms with E-state index in [1.807, 2.05) is 0 Å². The third-order valence-corrected chi connectivity index (χ3v) is 13.7. The van der Waals surface area contributed by atoms with Crippen LogP contribution in [0.2, 0.25) is 0 Å². The second-order valence-corrected chi connectivity index (χ2v) is 17.4. The summed E-state index contributed by atoms with van der Waals surface area (Å²) in [7, 11) is 0. The Kier molecular flexibility index (Phi) is 7.74. The lowest BCUT2D eigenvalue weighted by Crippen LogP contribution is -2.26. The van der Waals surface area contributed by atoms with Crippen molar-refractivity contribution in [3.05, 3.63) is 234 Å². The van der Waals surface area contributed by atoms with Crippen LogP contribution in [-0.4, -0.2) is 0 Å². The van der Waals surface area contributed by atoms with Gasteiger partial charge >= 0.3 is 0 Å². The zero-order valence-corrected chi connectivity index (χ0v) is 34.5. The maximum absolute atomic E-state index is 7.16. The maximum Gasteiger partial charge on any atom is 0.141 e.